The van der Waals surface area contributed by atoms with Crippen LogP contribution in [0.4, 0.5) is 0 Å². The first-order valence-corrected chi connectivity index (χ1v) is 5.61. The van der Waals surface area contributed by atoms with E-state index in [1.54, 1.807) is 23.1 Å². The van der Waals surface area contributed by atoms with Crippen molar-refractivity contribution in [2.45, 2.75) is 6.92 Å². The molecule has 1 rings (SSSR count). The van der Waals surface area contributed by atoms with Gasteiger partial charge in [-0.2, -0.15) is 0 Å². The lowest BCUT2D eigenvalue weighted by Gasteiger charge is -2.19. The molecule has 0 fully saturated rings. The summed E-state index contributed by atoms with van der Waals surface area (Å²) in [4.78, 5) is 17.8. The van der Waals surface area contributed by atoms with Crippen LogP contribution in [0.15, 0.2) is 37.6 Å². The van der Waals surface area contributed by atoms with Gasteiger partial charge in [-0.25, -0.2) is 0 Å². The van der Waals surface area contributed by atoms with Crippen LogP contribution in [0.3, 0.4) is 0 Å². The van der Waals surface area contributed by atoms with E-state index in [-0.39, 0.29) is 5.91 Å². The molecule has 0 saturated carbocycles. The van der Waals surface area contributed by atoms with Crippen LogP contribution < -0.4 is 0 Å². The second-order valence-corrected chi connectivity index (χ2v) is 4.00. The summed E-state index contributed by atoms with van der Waals surface area (Å²) in [5, 5.41) is 0.417. The molecule has 0 aliphatic rings. The monoisotopic (exact) mass is 250 g/mol. The first-order valence-electron chi connectivity index (χ1n) is 5.23. The Hall–Kier alpha value is -1.61. The molecule has 17 heavy (non-hydrogen) atoms. The van der Waals surface area contributed by atoms with Crippen molar-refractivity contribution in [3.05, 3.63) is 53.9 Å². The zero-order valence-electron chi connectivity index (χ0n) is 9.82. The maximum Gasteiger partial charge on any atom is 0.257 e. The Kier molecular flexibility index (Phi) is 4.91. The predicted molar refractivity (Wildman–Crippen MR) is 70.3 cm³/mol. The van der Waals surface area contributed by atoms with Gasteiger partial charge in [-0.05, 0) is 13.0 Å². The Balaban J connectivity index is 2.99. The number of amides is 1. The number of aromatic nitrogens is 1. The summed E-state index contributed by atoms with van der Waals surface area (Å²) >= 11 is 6.03. The molecular formula is C13H15ClN2O. The van der Waals surface area contributed by atoms with Crippen LogP contribution in [0.5, 0.6) is 0 Å². The van der Waals surface area contributed by atoms with E-state index in [0.717, 1.165) is 5.69 Å². The van der Waals surface area contributed by atoms with E-state index in [0.29, 0.717) is 23.7 Å². The number of carbonyl (C=O) groups excluding carboxylic acids is 1. The van der Waals surface area contributed by atoms with Crippen LogP contribution in [0.25, 0.3) is 0 Å². The van der Waals surface area contributed by atoms with Crippen molar-refractivity contribution < 1.29 is 4.79 Å². The average Bonchev–Trinajstić information content (AvgIpc) is 2.28. The Bertz CT molecular complexity index is 433. The SMILES string of the molecule is C=CCN(CC=C)C(=O)c1cnc(C)cc1Cl. The molecule has 90 valence electrons. The minimum atomic E-state index is -0.165. The van der Waals surface area contributed by atoms with Gasteiger partial charge in [0, 0.05) is 25.0 Å². The van der Waals surface area contributed by atoms with Crippen molar-refractivity contribution in [2.24, 2.45) is 0 Å². The Labute approximate surface area is 106 Å². The van der Waals surface area contributed by atoms with Gasteiger partial charge in [-0.1, -0.05) is 23.8 Å². The number of halogens is 1. The third-order valence-electron chi connectivity index (χ3n) is 2.21. The largest absolute Gasteiger partial charge is 0.331 e. The topological polar surface area (TPSA) is 33.2 Å². The highest BCUT2D eigenvalue weighted by Crippen LogP contribution is 2.17. The van der Waals surface area contributed by atoms with Gasteiger partial charge in [0.1, 0.15) is 0 Å². The Morgan fingerprint density at radius 1 is 1.47 bits per heavy atom. The smallest absolute Gasteiger partial charge is 0.257 e. The molecular weight excluding hydrogens is 236 g/mol. The number of hydrogen-bond donors (Lipinski definition) is 0. The lowest BCUT2D eigenvalue weighted by Crippen LogP contribution is -2.31. The number of hydrogen-bond acceptors (Lipinski definition) is 2. The van der Waals surface area contributed by atoms with E-state index >= 15 is 0 Å². The first-order chi connectivity index (χ1) is 8.10. The molecule has 4 heteroatoms. The van der Waals surface area contributed by atoms with Crippen LogP contribution in [-0.2, 0) is 0 Å². The molecule has 1 aromatic heterocycles. The highest BCUT2D eigenvalue weighted by atomic mass is 35.5. The summed E-state index contributed by atoms with van der Waals surface area (Å²) in [6.45, 7) is 9.97. The fraction of sp³-hybridized carbons (Fsp3) is 0.231. The van der Waals surface area contributed by atoms with Crippen molar-refractivity contribution in [3.63, 3.8) is 0 Å². The minimum absolute atomic E-state index is 0.165. The average molecular weight is 251 g/mol. The molecule has 0 aromatic carbocycles. The highest BCUT2D eigenvalue weighted by molar-refractivity contribution is 6.33. The van der Waals surface area contributed by atoms with Gasteiger partial charge in [0.25, 0.3) is 5.91 Å². The van der Waals surface area contributed by atoms with E-state index in [1.165, 1.54) is 6.20 Å². The molecule has 0 N–H and O–H groups in total. The van der Waals surface area contributed by atoms with Crippen molar-refractivity contribution in [1.82, 2.24) is 9.88 Å². The van der Waals surface area contributed by atoms with Crippen LogP contribution >= 0.6 is 11.6 Å². The lowest BCUT2D eigenvalue weighted by atomic mass is 10.2. The molecule has 1 heterocycles. The molecule has 0 aliphatic heterocycles. The van der Waals surface area contributed by atoms with E-state index in [2.05, 4.69) is 18.1 Å². The predicted octanol–water partition coefficient (Wildman–Crippen LogP) is 2.86. The highest BCUT2D eigenvalue weighted by Gasteiger charge is 2.16. The maximum absolute atomic E-state index is 12.2. The molecule has 0 radical (unpaired) electrons. The van der Waals surface area contributed by atoms with E-state index in [9.17, 15) is 4.79 Å². The summed E-state index contributed by atoms with van der Waals surface area (Å²) in [6, 6.07) is 1.68. The molecule has 3 nitrogen and oxygen atoms in total. The standard InChI is InChI=1S/C13H15ClN2O/c1-4-6-16(7-5-2)13(17)11-9-15-10(3)8-12(11)14/h4-5,8-9H,1-2,6-7H2,3H3. The number of aryl methyl sites for hydroxylation is 1. The van der Waals surface area contributed by atoms with Crippen LogP contribution in [0.2, 0.25) is 5.02 Å². The summed E-state index contributed by atoms with van der Waals surface area (Å²) in [7, 11) is 0. The first kappa shape index (κ1) is 13.5. The molecule has 0 aliphatic carbocycles. The van der Waals surface area contributed by atoms with Gasteiger partial charge in [0.15, 0.2) is 0 Å². The summed E-state index contributed by atoms with van der Waals surface area (Å²) < 4.78 is 0. The molecule has 0 atom stereocenters. The molecule has 0 unspecified atom stereocenters. The van der Waals surface area contributed by atoms with Crippen molar-refractivity contribution in [1.29, 1.82) is 0 Å². The molecule has 0 spiro atoms. The zero-order valence-corrected chi connectivity index (χ0v) is 10.6. The zero-order chi connectivity index (χ0) is 12.8. The lowest BCUT2D eigenvalue weighted by molar-refractivity contribution is 0.0790. The number of pyridine rings is 1. The van der Waals surface area contributed by atoms with Gasteiger partial charge < -0.3 is 4.90 Å². The number of rotatable bonds is 5. The van der Waals surface area contributed by atoms with Crippen LogP contribution in [0.1, 0.15) is 16.1 Å². The van der Waals surface area contributed by atoms with Gasteiger partial charge in [-0.15, -0.1) is 13.2 Å². The fourth-order valence-electron chi connectivity index (χ4n) is 1.41. The minimum Gasteiger partial charge on any atom is -0.331 e. The fourth-order valence-corrected chi connectivity index (χ4v) is 1.69. The van der Waals surface area contributed by atoms with Gasteiger partial charge in [0.05, 0.1) is 10.6 Å². The summed E-state index contributed by atoms with van der Waals surface area (Å²) in [6.07, 6.45) is 4.83. The van der Waals surface area contributed by atoms with Crippen molar-refractivity contribution in [3.8, 4) is 0 Å². The molecule has 1 aromatic rings. The van der Waals surface area contributed by atoms with E-state index in [1.807, 2.05) is 6.92 Å². The van der Waals surface area contributed by atoms with E-state index in [4.69, 9.17) is 11.6 Å². The number of carbonyl (C=O) groups is 1. The molecule has 0 bridgehead atoms. The Morgan fingerprint density at radius 2 is 2.06 bits per heavy atom. The summed E-state index contributed by atoms with van der Waals surface area (Å²) in [5.41, 5.74) is 1.19. The summed E-state index contributed by atoms with van der Waals surface area (Å²) in [5.74, 6) is -0.165. The third kappa shape index (κ3) is 3.43. The number of nitrogens with zero attached hydrogens (tertiary/aromatic N) is 2. The van der Waals surface area contributed by atoms with Gasteiger partial charge in [0.2, 0.25) is 0 Å². The molecule has 0 saturated heterocycles. The second-order valence-electron chi connectivity index (χ2n) is 3.59. The normalized spacial score (nSPS) is 9.76. The Morgan fingerprint density at radius 3 is 2.53 bits per heavy atom. The molecule has 1 amide bonds. The van der Waals surface area contributed by atoms with Crippen LogP contribution in [0, 0.1) is 6.92 Å². The van der Waals surface area contributed by atoms with Crippen molar-refractivity contribution >= 4 is 17.5 Å². The maximum atomic E-state index is 12.2. The third-order valence-corrected chi connectivity index (χ3v) is 2.52. The van der Waals surface area contributed by atoms with E-state index < -0.39 is 0 Å². The quantitative estimate of drug-likeness (QED) is 0.753. The van der Waals surface area contributed by atoms with Gasteiger partial charge >= 0.3 is 0 Å². The van der Waals surface area contributed by atoms with Gasteiger partial charge in [-0.3, -0.25) is 9.78 Å². The second kappa shape index (κ2) is 6.21. The van der Waals surface area contributed by atoms with Crippen LogP contribution in [-0.4, -0.2) is 28.9 Å². The van der Waals surface area contributed by atoms with Crippen molar-refractivity contribution in [2.75, 3.05) is 13.1 Å².